The maximum atomic E-state index is 11.6. The van der Waals surface area contributed by atoms with Crippen molar-refractivity contribution in [2.75, 3.05) is 5.32 Å². The van der Waals surface area contributed by atoms with E-state index in [1.54, 1.807) is 0 Å². The molecule has 0 aliphatic carbocycles. The number of carbonyl (C=O) groups excluding carboxylic acids is 1. The Morgan fingerprint density at radius 3 is 2.72 bits per heavy atom. The number of benzene rings is 1. The molecule has 2 aromatic rings. The zero-order valence-electron chi connectivity index (χ0n) is 11.0. The summed E-state index contributed by atoms with van der Waals surface area (Å²) in [4.78, 5) is 16.1. The Kier molecular flexibility index (Phi) is 3.52. The van der Waals surface area contributed by atoms with Crippen LogP contribution in [0.1, 0.15) is 25.0 Å². The number of anilines is 1. The Hall–Kier alpha value is -1.62. The van der Waals surface area contributed by atoms with Gasteiger partial charge in [0.15, 0.2) is 5.13 Å². The number of rotatable bonds is 2. The molecule has 2 N–H and O–H groups in total. The minimum absolute atomic E-state index is 0.114. The molecule has 0 bridgehead atoms. The molecule has 0 saturated carbocycles. The van der Waals surface area contributed by atoms with Crippen LogP contribution in [0.25, 0.3) is 10.2 Å². The van der Waals surface area contributed by atoms with E-state index in [1.807, 2.05) is 19.9 Å². The summed E-state index contributed by atoms with van der Waals surface area (Å²) in [6.45, 7) is 7.96. The van der Waals surface area contributed by atoms with Crippen molar-refractivity contribution < 1.29 is 4.79 Å². The Morgan fingerprint density at radius 2 is 2.06 bits per heavy atom. The molecular formula is C13H17N3OS. The van der Waals surface area contributed by atoms with Crippen molar-refractivity contribution >= 4 is 32.7 Å². The highest BCUT2D eigenvalue weighted by Crippen LogP contribution is 2.29. The second-order valence-electron chi connectivity index (χ2n) is 4.63. The maximum absolute atomic E-state index is 11.6. The summed E-state index contributed by atoms with van der Waals surface area (Å²) in [5.41, 5.74) is 3.35. The average molecular weight is 263 g/mol. The Morgan fingerprint density at radius 1 is 1.33 bits per heavy atom. The molecule has 0 atom stereocenters. The van der Waals surface area contributed by atoms with Crippen LogP contribution in [0.3, 0.4) is 0 Å². The van der Waals surface area contributed by atoms with Gasteiger partial charge in [-0.3, -0.25) is 5.32 Å². The van der Waals surface area contributed by atoms with Crippen molar-refractivity contribution in [2.45, 2.75) is 33.7 Å². The van der Waals surface area contributed by atoms with E-state index in [1.165, 1.54) is 22.5 Å². The molecule has 0 unspecified atom stereocenters. The first-order valence-corrected chi connectivity index (χ1v) is 6.73. The molecule has 0 spiro atoms. The summed E-state index contributed by atoms with van der Waals surface area (Å²) in [5, 5.41) is 6.18. The van der Waals surface area contributed by atoms with E-state index in [0.29, 0.717) is 5.13 Å². The first-order chi connectivity index (χ1) is 8.47. The van der Waals surface area contributed by atoms with E-state index < -0.39 is 0 Å². The van der Waals surface area contributed by atoms with Crippen LogP contribution in [0.15, 0.2) is 12.1 Å². The molecule has 96 valence electrons. The fourth-order valence-electron chi connectivity index (χ4n) is 1.67. The van der Waals surface area contributed by atoms with Crippen molar-refractivity contribution in [3.63, 3.8) is 0 Å². The number of hydrogen-bond donors (Lipinski definition) is 2. The molecule has 18 heavy (non-hydrogen) atoms. The van der Waals surface area contributed by atoms with Crippen molar-refractivity contribution in [2.24, 2.45) is 0 Å². The Bertz CT molecular complexity index is 589. The van der Waals surface area contributed by atoms with E-state index in [4.69, 9.17) is 0 Å². The summed E-state index contributed by atoms with van der Waals surface area (Å²) in [7, 11) is 0. The number of aryl methyl sites for hydroxylation is 2. The van der Waals surface area contributed by atoms with Crippen LogP contribution in [-0.2, 0) is 0 Å². The van der Waals surface area contributed by atoms with Crippen LogP contribution in [0, 0.1) is 13.8 Å². The smallest absolute Gasteiger partial charge is 0.321 e. The first kappa shape index (κ1) is 12.8. The summed E-state index contributed by atoms with van der Waals surface area (Å²) >= 11 is 1.49. The minimum atomic E-state index is -0.210. The molecule has 1 heterocycles. The molecule has 5 heteroatoms. The molecule has 0 aliphatic rings. The number of aromatic nitrogens is 1. The van der Waals surface area contributed by atoms with Gasteiger partial charge in [-0.2, -0.15) is 0 Å². The number of carbonyl (C=O) groups is 1. The van der Waals surface area contributed by atoms with Gasteiger partial charge in [-0.25, -0.2) is 9.78 Å². The number of fused-ring (bicyclic) bond motifs is 1. The van der Waals surface area contributed by atoms with Gasteiger partial charge in [0.1, 0.15) is 0 Å². The van der Waals surface area contributed by atoms with Crippen LogP contribution < -0.4 is 10.6 Å². The van der Waals surface area contributed by atoms with E-state index in [-0.39, 0.29) is 12.1 Å². The third-order valence-corrected chi connectivity index (χ3v) is 3.66. The Labute approximate surface area is 110 Å². The number of hydrogen-bond acceptors (Lipinski definition) is 3. The molecule has 0 aliphatic heterocycles. The highest BCUT2D eigenvalue weighted by atomic mass is 32.1. The van der Waals surface area contributed by atoms with Gasteiger partial charge in [-0.15, -0.1) is 0 Å². The van der Waals surface area contributed by atoms with Crippen LogP contribution >= 0.6 is 11.3 Å². The number of urea groups is 1. The third-order valence-electron chi connectivity index (χ3n) is 2.73. The molecule has 1 aromatic heterocycles. The fourth-order valence-corrected chi connectivity index (χ4v) is 2.60. The lowest BCUT2D eigenvalue weighted by Gasteiger charge is -2.07. The molecule has 2 rings (SSSR count). The lowest BCUT2D eigenvalue weighted by Crippen LogP contribution is -2.34. The second-order valence-corrected chi connectivity index (χ2v) is 5.66. The largest absolute Gasteiger partial charge is 0.336 e. The summed E-state index contributed by atoms with van der Waals surface area (Å²) in [5.74, 6) is 0. The van der Waals surface area contributed by atoms with Gasteiger partial charge in [0.05, 0.1) is 10.2 Å². The molecule has 4 nitrogen and oxygen atoms in total. The van der Waals surface area contributed by atoms with Crippen molar-refractivity contribution in [3.05, 3.63) is 23.3 Å². The van der Waals surface area contributed by atoms with Gasteiger partial charge in [0.2, 0.25) is 0 Å². The van der Waals surface area contributed by atoms with E-state index in [0.717, 1.165) is 10.2 Å². The van der Waals surface area contributed by atoms with E-state index in [9.17, 15) is 4.79 Å². The SMILES string of the molecule is Cc1ccc2sc(NC(=O)NC(C)C)nc2c1C. The Balaban J connectivity index is 2.25. The van der Waals surface area contributed by atoms with E-state index in [2.05, 4.69) is 35.5 Å². The normalized spacial score (nSPS) is 10.9. The minimum Gasteiger partial charge on any atom is -0.336 e. The van der Waals surface area contributed by atoms with Gasteiger partial charge in [-0.05, 0) is 44.9 Å². The van der Waals surface area contributed by atoms with Crippen LogP contribution in [0.5, 0.6) is 0 Å². The van der Waals surface area contributed by atoms with Gasteiger partial charge >= 0.3 is 6.03 Å². The van der Waals surface area contributed by atoms with Crippen molar-refractivity contribution in [3.8, 4) is 0 Å². The van der Waals surface area contributed by atoms with E-state index >= 15 is 0 Å². The van der Waals surface area contributed by atoms with Gasteiger partial charge in [0.25, 0.3) is 0 Å². The monoisotopic (exact) mass is 263 g/mol. The highest BCUT2D eigenvalue weighted by Gasteiger charge is 2.10. The number of nitrogens with one attached hydrogen (secondary N) is 2. The summed E-state index contributed by atoms with van der Waals surface area (Å²) in [6, 6.07) is 4.02. The quantitative estimate of drug-likeness (QED) is 0.872. The standard InChI is InChI=1S/C13H17N3OS/c1-7(2)14-12(17)16-13-15-11-9(4)8(3)5-6-10(11)18-13/h5-7H,1-4H3,(H2,14,15,16,17). The van der Waals surface area contributed by atoms with Crippen LogP contribution in [0.2, 0.25) is 0 Å². The predicted molar refractivity (Wildman–Crippen MR) is 76.4 cm³/mol. The third kappa shape index (κ3) is 2.61. The molecular weight excluding hydrogens is 246 g/mol. The second kappa shape index (κ2) is 4.94. The lowest BCUT2D eigenvalue weighted by atomic mass is 10.1. The highest BCUT2D eigenvalue weighted by molar-refractivity contribution is 7.22. The molecule has 0 radical (unpaired) electrons. The molecule has 2 amide bonds. The average Bonchev–Trinajstić information content (AvgIpc) is 2.66. The van der Waals surface area contributed by atoms with Crippen LogP contribution in [-0.4, -0.2) is 17.1 Å². The zero-order valence-corrected chi connectivity index (χ0v) is 11.8. The first-order valence-electron chi connectivity index (χ1n) is 5.91. The summed E-state index contributed by atoms with van der Waals surface area (Å²) in [6.07, 6.45) is 0. The van der Waals surface area contributed by atoms with Crippen LogP contribution in [0.4, 0.5) is 9.93 Å². The fraction of sp³-hybridized carbons (Fsp3) is 0.385. The molecule has 1 aromatic carbocycles. The maximum Gasteiger partial charge on any atom is 0.321 e. The van der Waals surface area contributed by atoms with Gasteiger partial charge in [0, 0.05) is 6.04 Å². The van der Waals surface area contributed by atoms with Crippen molar-refractivity contribution in [1.29, 1.82) is 0 Å². The van der Waals surface area contributed by atoms with Gasteiger partial charge in [-0.1, -0.05) is 17.4 Å². The number of amides is 2. The number of thiazole rings is 1. The lowest BCUT2D eigenvalue weighted by molar-refractivity contribution is 0.250. The number of nitrogens with zero attached hydrogens (tertiary/aromatic N) is 1. The molecule has 0 fully saturated rings. The zero-order chi connectivity index (χ0) is 13.3. The molecule has 0 saturated heterocycles. The summed E-state index contributed by atoms with van der Waals surface area (Å²) < 4.78 is 1.10. The predicted octanol–water partition coefficient (Wildman–Crippen LogP) is 3.44. The van der Waals surface area contributed by atoms with Gasteiger partial charge < -0.3 is 5.32 Å². The van der Waals surface area contributed by atoms with Crippen molar-refractivity contribution in [1.82, 2.24) is 10.3 Å². The topological polar surface area (TPSA) is 54.0 Å².